The summed E-state index contributed by atoms with van der Waals surface area (Å²) in [6.45, 7) is 2.07. The first-order valence-electron chi connectivity index (χ1n) is 8.79. The number of nitro groups is 1. The van der Waals surface area contributed by atoms with Gasteiger partial charge in [0.25, 0.3) is 5.69 Å². The molecule has 0 aliphatic carbocycles. The fourth-order valence-electron chi connectivity index (χ4n) is 3.35. The monoisotopic (exact) mass is 395 g/mol. The summed E-state index contributed by atoms with van der Waals surface area (Å²) in [5.41, 5.74) is -0.581. The molecule has 0 unspecified atom stereocenters. The highest BCUT2D eigenvalue weighted by atomic mass is 19.4. The highest BCUT2D eigenvalue weighted by Gasteiger charge is 2.36. The number of halogens is 3. The molecule has 0 aromatic heterocycles. The Balaban J connectivity index is 1.82. The van der Waals surface area contributed by atoms with E-state index in [2.05, 4.69) is 4.90 Å². The Labute approximate surface area is 160 Å². The molecular formula is C19H20F3N3O3. The lowest BCUT2D eigenvalue weighted by molar-refractivity contribution is -0.385. The fourth-order valence-corrected chi connectivity index (χ4v) is 3.35. The van der Waals surface area contributed by atoms with Gasteiger partial charge in [-0.1, -0.05) is 0 Å². The second-order valence-corrected chi connectivity index (χ2v) is 6.48. The highest BCUT2D eigenvalue weighted by molar-refractivity contribution is 5.60. The van der Waals surface area contributed by atoms with Gasteiger partial charge in [-0.05, 0) is 36.8 Å². The molecular weight excluding hydrogens is 375 g/mol. The quantitative estimate of drug-likeness (QED) is 0.569. The van der Waals surface area contributed by atoms with Crippen LogP contribution >= 0.6 is 0 Å². The first-order chi connectivity index (χ1) is 13.3. The zero-order valence-electron chi connectivity index (χ0n) is 15.3. The summed E-state index contributed by atoms with van der Waals surface area (Å²) in [5.74, 6) is 0.737. The molecule has 3 rings (SSSR count). The summed E-state index contributed by atoms with van der Waals surface area (Å²) in [6.07, 6.45) is -4.00. The summed E-state index contributed by atoms with van der Waals surface area (Å²) in [7, 11) is 1.58. The Morgan fingerprint density at radius 2 is 1.64 bits per heavy atom. The lowest BCUT2D eigenvalue weighted by Gasteiger charge is -2.27. The van der Waals surface area contributed by atoms with Crippen LogP contribution in [0.1, 0.15) is 12.0 Å². The van der Waals surface area contributed by atoms with Gasteiger partial charge in [0.1, 0.15) is 5.75 Å². The SMILES string of the molecule is COc1ccc(N2CCCN(c3ccc([N+](=O)[O-])cc3C(F)(F)F)CC2)cc1. The van der Waals surface area contributed by atoms with Crippen LogP contribution in [0.4, 0.5) is 30.2 Å². The van der Waals surface area contributed by atoms with Crippen molar-refractivity contribution in [1.29, 1.82) is 0 Å². The maximum Gasteiger partial charge on any atom is 0.418 e. The van der Waals surface area contributed by atoms with Gasteiger partial charge < -0.3 is 14.5 Å². The van der Waals surface area contributed by atoms with Crippen molar-refractivity contribution in [2.45, 2.75) is 12.6 Å². The lowest BCUT2D eigenvalue weighted by atomic mass is 10.1. The van der Waals surface area contributed by atoms with E-state index >= 15 is 0 Å². The van der Waals surface area contributed by atoms with Crippen LogP contribution in [-0.2, 0) is 6.18 Å². The summed E-state index contributed by atoms with van der Waals surface area (Å²) in [4.78, 5) is 13.8. The molecule has 2 aromatic rings. The number of hydrogen-bond donors (Lipinski definition) is 0. The van der Waals surface area contributed by atoms with Gasteiger partial charge in [0.05, 0.1) is 17.6 Å². The van der Waals surface area contributed by atoms with Crippen LogP contribution < -0.4 is 14.5 Å². The number of alkyl halides is 3. The van der Waals surface area contributed by atoms with Gasteiger partial charge in [-0.25, -0.2) is 0 Å². The van der Waals surface area contributed by atoms with E-state index in [-0.39, 0.29) is 5.69 Å². The van der Waals surface area contributed by atoms with Crippen LogP contribution in [0.25, 0.3) is 0 Å². The minimum absolute atomic E-state index is 0.0188. The average Bonchev–Trinajstić information content (AvgIpc) is 2.93. The minimum atomic E-state index is -4.66. The standard InChI is InChI=1S/C19H20F3N3O3/c1-28-16-6-3-14(4-7-16)23-9-2-10-24(12-11-23)18-8-5-15(25(26)27)13-17(18)19(20,21)22/h3-8,13H,2,9-12H2,1H3. The Hall–Kier alpha value is -2.97. The Kier molecular flexibility index (Phi) is 5.62. The van der Waals surface area contributed by atoms with Crippen molar-refractivity contribution < 1.29 is 22.8 Å². The van der Waals surface area contributed by atoms with Gasteiger partial charge in [0.2, 0.25) is 0 Å². The number of non-ortho nitro benzene ring substituents is 1. The Bertz CT molecular complexity index is 841. The van der Waals surface area contributed by atoms with Crippen molar-refractivity contribution in [2.24, 2.45) is 0 Å². The van der Waals surface area contributed by atoms with Gasteiger partial charge in [-0.15, -0.1) is 0 Å². The second kappa shape index (κ2) is 7.95. The van der Waals surface area contributed by atoms with Gasteiger partial charge in [0, 0.05) is 49.7 Å². The lowest BCUT2D eigenvalue weighted by Crippen LogP contribution is -2.31. The normalized spacial score (nSPS) is 15.3. The summed E-state index contributed by atoms with van der Waals surface area (Å²) in [6, 6.07) is 10.5. The molecule has 0 saturated carbocycles. The van der Waals surface area contributed by atoms with Crippen molar-refractivity contribution in [3.8, 4) is 5.75 Å². The number of benzene rings is 2. The molecule has 2 aromatic carbocycles. The van der Waals surface area contributed by atoms with Crippen molar-refractivity contribution in [3.63, 3.8) is 0 Å². The average molecular weight is 395 g/mol. The van der Waals surface area contributed by atoms with Crippen molar-refractivity contribution in [1.82, 2.24) is 0 Å². The van der Waals surface area contributed by atoms with Gasteiger partial charge in [-0.3, -0.25) is 10.1 Å². The molecule has 0 bridgehead atoms. The summed E-state index contributed by atoms with van der Waals surface area (Å²) < 4.78 is 45.6. The molecule has 1 aliphatic rings. The Morgan fingerprint density at radius 1 is 1.00 bits per heavy atom. The molecule has 1 aliphatic heterocycles. The van der Waals surface area contributed by atoms with Crippen LogP contribution in [0.15, 0.2) is 42.5 Å². The first-order valence-corrected chi connectivity index (χ1v) is 8.79. The topological polar surface area (TPSA) is 58.8 Å². The van der Waals surface area contributed by atoms with E-state index in [0.717, 1.165) is 17.5 Å². The minimum Gasteiger partial charge on any atom is -0.497 e. The molecule has 9 heteroatoms. The Morgan fingerprint density at radius 3 is 2.25 bits per heavy atom. The van der Waals surface area contributed by atoms with E-state index < -0.39 is 22.4 Å². The molecule has 0 radical (unpaired) electrons. The van der Waals surface area contributed by atoms with E-state index in [1.54, 1.807) is 12.0 Å². The van der Waals surface area contributed by atoms with E-state index in [0.29, 0.717) is 38.7 Å². The number of rotatable bonds is 4. The summed E-state index contributed by atoms with van der Waals surface area (Å²) >= 11 is 0. The zero-order valence-corrected chi connectivity index (χ0v) is 15.3. The number of nitrogens with zero attached hydrogens (tertiary/aromatic N) is 3. The summed E-state index contributed by atoms with van der Waals surface area (Å²) in [5, 5.41) is 10.9. The fraction of sp³-hybridized carbons (Fsp3) is 0.368. The van der Waals surface area contributed by atoms with E-state index in [1.165, 1.54) is 6.07 Å². The molecule has 28 heavy (non-hydrogen) atoms. The number of methoxy groups -OCH3 is 1. The van der Waals surface area contributed by atoms with E-state index in [9.17, 15) is 23.3 Å². The third kappa shape index (κ3) is 4.29. The molecule has 1 heterocycles. The van der Waals surface area contributed by atoms with Crippen LogP contribution in [0.3, 0.4) is 0 Å². The van der Waals surface area contributed by atoms with Crippen molar-refractivity contribution >= 4 is 17.1 Å². The molecule has 1 saturated heterocycles. The van der Waals surface area contributed by atoms with Crippen LogP contribution in [0.2, 0.25) is 0 Å². The molecule has 150 valence electrons. The number of hydrogen-bond acceptors (Lipinski definition) is 5. The molecule has 0 amide bonds. The van der Waals surface area contributed by atoms with Gasteiger partial charge in [0.15, 0.2) is 0 Å². The maximum atomic E-state index is 13.5. The highest BCUT2D eigenvalue weighted by Crippen LogP contribution is 2.39. The maximum absolute atomic E-state index is 13.5. The second-order valence-electron chi connectivity index (χ2n) is 6.48. The number of nitro benzene ring substituents is 1. The first kappa shape index (κ1) is 19.8. The van der Waals surface area contributed by atoms with E-state index in [1.807, 2.05) is 24.3 Å². The van der Waals surface area contributed by atoms with E-state index in [4.69, 9.17) is 4.74 Å². The third-order valence-electron chi connectivity index (χ3n) is 4.77. The van der Waals surface area contributed by atoms with Crippen LogP contribution in [0.5, 0.6) is 5.75 Å². The molecule has 0 spiro atoms. The molecule has 0 N–H and O–H groups in total. The number of ether oxygens (including phenoxy) is 1. The van der Waals surface area contributed by atoms with Crippen LogP contribution in [-0.4, -0.2) is 38.2 Å². The van der Waals surface area contributed by atoms with Crippen LogP contribution in [0, 0.1) is 10.1 Å². The number of anilines is 2. The zero-order chi connectivity index (χ0) is 20.3. The van der Waals surface area contributed by atoms with Gasteiger partial charge in [-0.2, -0.15) is 13.2 Å². The third-order valence-corrected chi connectivity index (χ3v) is 4.77. The molecule has 0 atom stereocenters. The van der Waals surface area contributed by atoms with Crippen molar-refractivity contribution in [3.05, 3.63) is 58.1 Å². The largest absolute Gasteiger partial charge is 0.497 e. The predicted molar refractivity (Wildman–Crippen MR) is 100 cm³/mol. The smallest absolute Gasteiger partial charge is 0.418 e. The molecule has 1 fully saturated rings. The van der Waals surface area contributed by atoms with Crippen molar-refractivity contribution in [2.75, 3.05) is 43.1 Å². The molecule has 6 nitrogen and oxygen atoms in total. The predicted octanol–water partition coefficient (Wildman–Crippen LogP) is 4.34. The van der Waals surface area contributed by atoms with Gasteiger partial charge >= 0.3 is 6.18 Å².